The fraction of sp³-hybridized carbons (Fsp3) is 0.364. The van der Waals surface area contributed by atoms with Crippen LogP contribution >= 0.6 is 0 Å². The molecule has 0 amide bonds. The van der Waals surface area contributed by atoms with E-state index in [9.17, 15) is 18.0 Å². The first kappa shape index (κ1) is 13.3. The quantitative estimate of drug-likeness (QED) is 0.831. The molecule has 0 heterocycles. The minimum atomic E-state index is -4.45. The Morgan fingerprint density at radius 1 is 1.35 bits per heavy atom. The molecule has 3 nitrogen and oxygen atoms in total. The van der Waals surface area contributed by atoms with E-state index < -0.39 is 17.7 Å². The van der Waals surface area contributed by atoms with Crippen molar-refractivity contribution in [1.29, 1.82) is 0 Å². The summed E-state index contributed by atoms with van der Waals surface area (Å²) in [6, 6.07) is 4.97. The van der Waals surface area contributed by atoms with Crippen molar-refractivity contribution in [3.05, 3.63) is 29.8 Å². The van der Waals surface area contributed by atoms with Gasteiger partial charge < -0.3 is 10.1 Å². The second-order valence-electron chi connectivity index (χ2n) is 3.20. The van der Waals surface area contributed by atoms with Gasteiger partial charge in [-0.05, 0) is 19.1 Å². The number of ether oxygens (including phenoxy) is 1. The highest BCUT2D eigenvalue weighted by atomic mass is 19.4. The Kier molecular flexibility index (Phi) is 4.37. The average Bonchev–Trinajstić information content (AvgIpc) is 2.26. The Balaban J connectivity index is 2.74. The fourth-order valence-corrected chi connectivity index (χ4v) is 1.26. The van der Waals surface area contributed by atoms with Crippen LogP contribution in [0.1, 0.15) is 12.5 Å². The highest BCUT2D eigenvalue weighted by molar-refractivity contribution is 5.75. The summed E-state index contributed by atoms with van der Waals surface area (Å²) >= 11 is 0. The zero-order valence-corrected chi connectivity index (χ0v) is 9.17. The topological polar surface area (TPSA) is 38.3 Å². The molecule has 0 bridgehead atoms. The van der Waals surface area contributed by atoms with Gasteiger partial charge in [0.05, 0.1) is 12.2 Å². The lowest BCUT2D eigenvalue weighted by Gasteiger charge is -2.13. The molecular weight excluding hydrogens is 235 g/mol. The minimum absolute atomic E-state index is 0.131. The normalized spacial score (nSPS) is 11.1. The van der Waals surface area contributed by atoms with Crippen LogP contribution in [0.3, 0.4) is 0 Å². The summed E-state index contributed by atoms with van der Waals surface area (Å²) in [6.07, 6.45) is -4.45. The number of anilines is 1. The lowest BCUT2D eigenvalue weighted by Crippen LogP contribution is -2.19. The molecule has 94 valence electrons. The van der Waals surface area contributed by atoms with Crippen LogP contribution in [0.5, 0.6) is 0 Å². The van der Waals surface area contributed by atoms with E-state index in [1.54, 1.807) is 6.92 Å². The third kappa shape index (κ3) is 3.97. The number of benzene rings is 1. The van der Waals surface area contributed by atoms with Gasteiger partial charge in [-0.15, -0.1) is 0 Å². The van der Waals surface area contributed by atoms with Crippen LogP contribution < -0.4 is 5.32 Å². The molecule has 1 rings (SSSR count). The zero-order chi connectivity index (χ0) is 12.9. The first-order chi connectivity index (χ1) is 7.95. The maximum absolute atomic E-state index is 12.6. The number of alkyl halides is 3. The second-order valence-corrected chi connectivity index (χ2v) is 3.20. The summed E-state index contributed by atoms with van der Waals surface area (Å²) in [5.74, 6) is -0.593. The van der Waals surface area contributed by atoms with E-state index in [1.165, 1.54) is 18.2 Å². The van der Waals surface area contributed by atoms with E-state index in [-0.39, 0.29) is 18.8 Å². The predicted molar refractivity (Wildman–Crippen MR) is 56.6 cm³/mol. The summed E-state index contributed by atoms with van der Waals surface area (Å²) in [5, 5.41) is 2.41. The molecule has 1 aromatic carbocycles. The molecule has 0 aliphatic rings. The number of carbonyl (C=O) groups is 1. The lowest BCUT2D eigenvalue weighted by molar-refractivity contribution is -0.141. The van der Waals surface area contributed by atoms with Crippen molar-refractivity contribution in [3.63, 3.8) is 0 Å². The van der Waals surface area contributed by atoms with Gasteiger partial charge in [0.25, 0.3) is 0 Å². The van der Waals surface area contributed by atoms with Crippen LogP contribution in [0.2, 0.25) is 0 Å². The Morgan fingerprint density at radius 3 is 2.59 bits per heavy atom. The number of hydrogen-bond donors (Lipinski definition) is 1. The van der Waals surface area contributed by atoms with Crippen LogP contribution in [-0.2, 0) is 15.7 Å². The van der Waals surface area contributed by atoms with Gasteiger partial charge in [-0.1, -0.05) is 12.1 Å². The summed E-state index contributed by atoms with van der Waals surface area (Å²) in [6.45, 7) is 1.53. The van der Waals surface area contributed by atoms with Crippen LogP contribution in [0.4, 0.5) is 18.9 Å². The number of hydrogen-bond acceptors (Lipinski definition) is 3. The molecule has 0 radical (unpaired) electrons. The second kappa shape index (κ2) is 5.56. The molecule has 0 aliphatic heterocycles. The minimum Gasteiger partial charge on any atom is -0.465 e. The van der Waals surface area contributed by atoms with E-state index in [2.05, 4.69) is 10.1 Å². The van der Waals surface area contributed by atoms with Crippen LogP contribution in [0.15, 0.2) is 24.3 Å². The summed E-state index contributed by atoms with van der Waals surface area (Å²) in [7, 11) is 0. The number of carbonyl (C=O) groups excluding carboxylic acids is 1. The van der Waals surface area contributed by atoms with Gasteiger partial charge >= 0.3 is 12.1 Å². The van der Waals surface area contributed by atoms with Gasteiger partial charge in [0.1, 0.15) is 6.54 Å². The smallest absolute Gasteiger partial charge is 0.418 e. The van der Waals surface area contributed by atoms with Gasteiger partial charge in [0.2, 0.25) is 0 Å². The Bertz CT molecular complexity index is 391. The fourth-order valence-electron chi connectivity index (χ4n) is 1.26. The predicted octanol–water partition coefficient (Wildman–Crippen LogP) is 2.68. The van der Waals surface area contributed by atoms with Crippen molar-refractivity contribution in [3.8, 4) is 0 Å². The molecule has 0 unspecified atom stereocenters. The summed E-state index contributed by atoms with van der Waals surface area (Å²) < 4.78 is 42.3. The van der Waals surface area contributed by atoms with Crippen molar-refractivity contribution in [2.45, 2.75) is 13.1 Å². The average molecular weight is 247 g/mol. The number of nitrogens with one attached hydrogen (secondary N) is 1. The van der Waals surface area contributed by atoms with E-state index in [1.807, 2.05) is 0 Å². The molecule has 6 heteroatoms. The van der Waals surface area contributed by atoms with Crippen molar-refractivity contribution in [2.24, 2.45) is 0 Å². The molecule has 17 heavy (non-hydrogen) atoms. The molecular formula is C11H12F3NO2. The number of rotatable bonds is 4. The Labute approximate surface area is 96.6 Å². The van der Waals surface area contributed by atoms with Gasteiger partial charge in [-0.3, -0.25) is 4.79 Å². The molecule has 0 spiro atoms. The van der Waals surface area contributed by atoms with Gasteiger partial charge in [-0.2, -0.15) is 13.2 Å². The van der Waals surface area contributed by atoms with Gasteiger partial charge in [-0.25, -0.2) is 0 Å². The van der Waals surface area contributed by atoms with E-state index in [0.29, 0.717) is 0 Å². The first-order valence-corrected chi connectivity index (χ1v) is 5.01. The molecule has 0 atom stereocenters. The highest BCUT2D eigenvalue weighted by Crippen LogP contribution is 2.34. The molecule has 1 aromatic rings. The molecule has 0 fully saturated rings. The lowest BCUT2D eigenvalue weighted by atomic mass is 10.1. The largest absolute Gasteiger partial charge is 0.465 e. The maximum Gasteiger partial charge on any atom is 0.418 e. The third-order valence-corrected chi connectivity index (χ3v) is 1.96. The Hall–Kier alpha value is -1.72. The van der Waals surface area contributed by atoms with E-state index in [4.69, 9.17) is 0 Å². The van der Waals surface area contributed by atoms with Crippen molar-refractivity contribution >= 4 is 11.7 Å². The van der Waals surface area contributed by atoms with Gasteiger partial charge in [0.15, 0.2) is 0 Å². The third-order valence-electron chi connectivity index (χ3n) is 1.96. The number of esters is 1. The molecule has 1 N–H and O–H groups in total. The summed E-state index contributed by atoms with van der Waals surface area (Å²) in [4.78, 5) is 11.0. The molecule has 0 aliphatic carbocycles. The van der Waals surface area contributed by atoms with Crippen molar-refractivity contribution in [2.75, 3.05) is 18.5 Å². The maximum atomic E-state index is 12.6. The zero-order valence-electron chi connectivity index (χ0n) is 9.17. The van der Waals surface area contributed by atoms with E-state index in [0.717, 1.165) is 6.07 Å². The Morgan fingerprint density at radius 2 is 2.00 bits per heavy atom. The van der Waals surface area contributed by atoms with Crippen molar-refractivity contribution in [1.82, 2.24) is 0 Å². The van der Waals surface area contributed by atoms with Crippen LogP contribution in [-0.4, -0.2) is 19.1 Å². The van der Waals surface area contributed by atoms with Gasteiger partial charge in [0, 0.05) is 5.69 Å². The SMILES string of the molecule is CCOC(=O)CNc1ccccc1C(F)(F)F. The standard InChI is InChI=1S/C11H12F3NO2/c1-2-17-10(16)7-15-9-6-4-3-5-8(9)11(12,13)14/h3-6,15H,2,7H2,1H3. The van der Waals surface area contributed by atoms with Crippen molar-refractivity contribution < 1.29 is 22.7 Å². The highest BCUT2D eigenvalue weighted by Gasteiger charge is 2.33. The number of para-hydroxylation sites is 1. The summed E-state index contributed by atoms with van der Waals surface area (Å²) in [5.41, 5.74) is -0.933. The monoisotopic (exact) mass is 247 g/mol. The molecule has 0 aromatic heterocycles. The van der Waals surface area contributed by atoms with E-state index >= 15 is 0 Å². The molecule has 0 saturated carbocycles. The van der Waals surface area contributed by atoms with Crippen LogP contribution in [0, 0.1) is 0 Å². The number of halogens is 3. The van der Waals surface area contributed by atoms with Crippen LogP contribution in [0.25, 0.3) is 0 Å². The first-order valence-electron chi connectivity index (χ1n) is 5.01. The molecule has 0 saturated heterocycles.